The van der Waals surface area contributed by atoms with E-state index in [9.17, 15) is 4.79 Å². The van der Waals surface area contributed by atoms with E-state index < -0.39 is 0 Å². The zero-order chi connectivity index (χ0) is 21.8. The molecular formula is C25H24N2O4. The molecule has 0 fully saturated rings. The van der Waals surface area contributed by atoms with E-state index in [4.69, 9.17) is 13.9 Å². The Morgan fingerprint density at radius 1 is 0.968 bits per heavy atom. The highest BCUT2D eigenvalue weighted by atomic mass is 16.5. The molecule has 0 saturated carbocycles. The summed E-state index contributed by atoms with van der Waals surface area (Å²) < 4.78 is 18.1. The quantitative estimate of drug-likeness (QED) is 0.461. The molecule has 0 bridgehead atoms. The Balaban J connectivity index is 1.77. The SMILES string of the molecule is COc1ccc(-c2cc(C(=O)NCc3ccco3)c(C)n2-c2cccc(OC)c2)cc1. The number of hydrogen-bond acceptors (Lipinski definition) is 4. The van der Waals surface area contributed by atoms with E-state index in [2.05, 4.69) is 9.88 Å². The van der Waals surface area contributed by atoms with Gasteiger partial charge in [-0.15, -0.1) is 0 Å². The molecule has 0 aliphatic rings. The molecule has 1 N–H and O–H groups in total. The monoisotopic (exact) mass is 416 g/mol. The molecule has 6 heteroatoms. The van der Waals surface area contributed by atoms with Crippen LogP contribution in [0.1, 0.15) is 21.8 Å². The number of rotatable bonds is 7. The standard InChI is InChI=1S/C25H24N2O4/c1-17-23(25(28)26-16-22-8-5-13-31-22)15-24(18-9-11-20(29-2)12-10-18)27(17)19-6-4-7-21(14-19)30-3/h4-15H,16H2,1-3H3,(H,26,28). The van der Waals surface area contributed by atoms with Gasteiger partial charge in [0.15, 0.2) is 0 Å². The number of furan rings is 1. The molecule has 0 radical (unpaired) electrons. The molecule has 4 aromatic rings. The zero-order valence-electron chi connectivity index (χ0n) is 17.7. The van der Waals surface area contributed by atoms with Crippen molar-refractivity contribution in [2.45, 2.75) is 13.5 Å². The summed E-state index contributed by atoms with van der Waals surface area (Å²) in [6, 6.07) is 21.1. The summed E-state index contributed by atoms with van der Waals surface area (Å²) in [7, 11) is 3.28. The molecule has 0 atom stereocenters. The fourth-order valence-corrected chi connectivity index (χ4v) is 3.57. The lowest BCUT2D eigenvalue weighted by molar-refractivity contribution is 0.0947. The van der Waals surface area contributed by atoms with Gasteiger partial charge in [-0.2, -0.15) is 0 Å². The van der Waals surface area contributed by atoms with Crippen molar-refractivity contribution >= 4 is 5.91 Å². The minimum Gasteiger partial charge on any atom is -0.497 e. The summed E-state index contributed by atoms with van der Waals surface area (Å²) in [5, 5.41) is 2.94. The van der Waals surface area contributed by atoms with Crippen molar-refractivity contribution < 1.29 is 18.7 Å². The summed E-state index contributed by atoms with van der Waals surface area (Å²) in [5.74, 6) is 2.06. The Hall–Kier alpha value is -3.93. The molecule has 0 aliphatic carbocycles. The Morgan fingerprint density at radius 3 is 2.42 bits per heavy atom. The lowest BCUT2D eigenvalue weighted by Crippen LogP contribution is -2.23. The molecule has 1 amide bonds. The van der Waals surface area contributed by atoms with Gasteiger partial charge in [0, 0.05) is 17.4 Å². The predicted octanol–water partition coefficient (Wildman–Crippen LogP) is 4.99. The fourth-order valence-electron chi connectivity index (χ4n) is 3.57. The second-order valence-electron chi connectivity index (χ2n) is 7.06. The van der Waals surface area contributed by atoms with Crippen LogP contribution in [-0.4, -0.2) is 24.7 Å². The number of methoxy groups -OCH3 is 2. The van der Waals surface area contributed by atoms with Gasteiger partial charge in [0.2, 0.25) is 0 Å². The fraction of sp³-hybridized carbons (Fsp3) is 0.160. The average Bonchev–Trinajstić information content (AvgIpc) is 3.45. The van der Waals surface area contributed by atoms with Crippen LogP contribution in [0, 0.1) is 6.92 Å². The second kappa shape index (κ2) is 8.83. The first-order chi connectivity index (χ1) is 15.1. The molecule has 0 saturated heterocycles. The number of carbonyl (C=O) groups excluding carboxylic acids is 1. The van der Waals surface area contributed by atoms with Crippen LogP contribution in [0.4, 0.5) is 0 Å². The average molecular weight is 416 g/mol. The van der Waals surface area contributed by atoms with Crippen LogP contribution in [0.5, 0.6) is 11.5 Å². The van der Waals surface area contributed by atoms with Crippen LogP contribution in [0.3, 0.4) is 0 Å². The number of amides is 1. The normalized spacial score (nSPS) is 10.7. The number of benzene rings is 2. The maximum absolute atomic E-state index is 13.0. The lowest BCUT2D eigenvalue weighted by Gasteiger charge is -2.14. The molecule has 0 spiro atoms. The van der Waals surface area contributed by atoms with E-state index in [-0.39, 0.29) is 5.91 Å². The van der Waals surface area contributed by atoms with Crippen LogP contribution >= 0.6 is 0 Å². The Morgan fingerprint density at radius 2 is 1.74 bits per heavy atom. The molecule has 2 heterocycles. The smallest absolute Gasteiger partial charge is 0.253 e. The highest BCUT2D eigenvalue weighted by Gasteiger charge is 2.20. The molecule has 6 nitrogen and oxygen atoms in total. The highest BCUT2D eigenvalue weighted by Crippen LogP contribution is 2.32. The third-order valence-corrected chi connectivity index (χ3v) is 5.19. The van der Waals surface area contributed by atoms with Gasteiger partial charge in [-0.25, -0.2) is 0 Å². The van der Waals surface area contributed by atoms with E-state index >= 15 is 0 Å². The largest absolute Gasteiger partial charge is 0.497 e. The van der Waals surface area contributed by atoms with E-state index in [1.165, 1.54) is 0 Å². The summed E-state index contributed by atoms with van der Waals surface area (Å²) in [5.41, 5.74) is 4.21. The predicted molar refractivity (Wildman–Crippen MR) is 119 cm³/mol. The summed E-state index contributed by atoms with van der Waals surface area (Å²) in [6.07, 6.45) is 1.59. The molecule has 2 aromatic carbocycles. The van der Waals surface area contributed by atoms with E-state index in [0.717, 1.165) is 34.1 Å². The van der Waals surface area contributed by atoms with Gasteiger partial charge in [0.05, 0.1) is 38.3 Å². The zero-order valence-corrected chi connectivity index (χ0v) is 17.7. The van der Waals surface area contributed by atoms with Crippen molar-refractivity contribution in [3.8, 4) is 28.4 Å². The van der Waals surface area contributed by atoms with Gasteiger partial charge in [-0.05, 0) is 67.1 Å². The Bertz CT molecular complexity index is 1170. The summed E-state index contributed by atoms with van der Waals surface area (Å²) in [4.78, 5) is 13.0. The Labute approximate surface area is 181 Å². The van der Waals surface area contributed by atoms with Gasteiger partial charge in [0.25, 0.3) is 5.91 Å². The van der Waals surface area contributed by atoms with Crippen LogP contribution in [-0.2, 0) is 6.54 Å². The maximum Gasteiger partial charge on any atom is 0.253 e. The molecule has 4 rings (SSSR count). The van der Waals surface area contributed by atoms with Crippen LogP contribution in [0.15, 0.2) is 77.4 Å². The maximum atomic E-state index is 13.0. The van der Waals surface area contributed by atoms with E-state index in [1.807, 2.05) is 67.6 Å². The van der Waals surface area contributed by atoms with Crippen molar-refractivity contribution in [3.05, 3.63) is 90.0 Å². The minimum atomic E-state index is -0.162. The first kappa shape index (κ1) is 20.3. The van der Waals surface area contributed by atoms with Gasteiger partial charge in [0.1, 0.15) is 17.3 Å². The molecular weight excluding hydrogens is 392 g/mol. The Kier molecular flexibility index (Phi) is 5.80. The molecule has 31 heavy (non-hydrogen) atoms. The highest BCUT2D eigenvalue weighted by molar-refractivity contribution is 5.97. The molecule has 158 valence electrons. The first-order valence-electron chi connectivity index (χ1n) is 9.92. The number of hydrogen-bond donors (Lipinski definition) is 1. The number of ether oxygens (including phenoxy) is 2. The number of nitrogens with one attached hydrogen (secondary N) is 1. The summed E-state index contributed by atoms with van der Waals surface area (Å²) in [6.45, 7) is 2.27. The molecule has 0 unspecified atom stereocenters. The lowest BCUT2D eigenvalue weighted by atomic mass is 10.1. The molecule has 0 aliphatic heterocycles. The van der Waals surface area contributed by atoms with Gasteiger partial charge < -0.3 is 23.8 Å². The third-order valence-electron chi connectivity index (χ3n) is 5.19. The van der Waals surface area contributed by atoms with Crippen molar-refractivity contribution in [1.82, 2.24) is 9.88 Å². The van der Waals surface area contributed by atoms with Crippen molar-refractivity contribution in [2.24, 2.45) is 0 Å². The number of carbonyl (C=O) groups is 1. The van der Waals surface area contributed by atoms with Crippen molar-refractivity contribution in [2.75, 3.05) is 14.2 Å². The third kappa shape index (κ3) is 4.19. The van der Waals surface area contributed by atoms with Crippen LogP contribution in [0.2, 0.25) is 0 Å². The van der Waals surface area contributed by atoms with Gasteiger partial charge in [-0.1, -0.05) is 6.07 Å². The minimum absolute atomic E-state index is 0.162. The number of nitrogens with zero attached hydrogens (tertiary/aromatic N) is 1. The van der Waals surface area contributed by atoms with Gasteiger partial charge >= 0.3 is 0 Å². The topological polar surface area (TPSA) is 65.6 Å². The van der Waals surface area contributed by atoms with Crippen LogP contribution < -0.4 is 14.8 Å². The van der Waals surface area contributed by atoms with Crippen LogP contribution in [0.25, 0.3) is 16.9 Å². The van der Waals surface area contributed by atoms with E-state index in [1.54, 1.807) is 26.5 Å². The van der Waals surface area contributed by atoms with E-state index in [0.29, 0.717) is 17.9 Å². The number of aromatic nitrogens is 1. The summed E-state index contributed by atoms with van der Waals surface area (Å²) >= 11 is 0. The first-order valence-corrected chi connectivity index (χ1v) is 9.92. The van der Waals surface area contributed by atoms with Crippen molar-refractivity contribution in [3.63, 3.8) is 0 Å². The molecule has 2 aromatic heterocycles. The second-order valence-corrected chi connectivity index (χ2v) is 7.06. The van der Waals surface area contributed by atoms with Gasteiger partial charge in [-0.3, -0.25) is 4.79 Å². The van der Waals surface area contributed by atoms with Crippen molar-refractivity contribution in [1.29, 1.82) is 0 Å².